The first-order valence-corrected chi connectivity index (χ1v) is 9.19. The Morgan fingerprint density at radius 2 is 2.04 bits per heavy atom. The zero-order valence-corrected chi connectivity index (χ0v) is 14.9. The van der Waals surface area contributed by atoms with E-state index < -0.39 is 0 Å². The van der Waals surface area contributed by atoms with Crippen molar-refractivity contribution in [2.75, 3.05) is 31.1 Å². The third-order valence-corrected chi connectivity index (χ3v) is 5.38. The van der Waals surface area contributed by atoms with Crippen LogP contribution in [-0.2, 0) is 11.8 Å². The minimum atomic E-state index is 0.306. The highest BCUT2D eigenvalue weighted by Gasteiger charge is 2.34. The highest BCUT2D eigenvalue weighted by atomic mass is 16.2. The van der Waals surface area contributed by atoms with Gasteiger partial charge in [0.25, 0.3) is 0 Å². The summed E-state index contributed by atoms with van der Waals surface area (Å²) in [6, 6.07) is 4.22. The minimum absolute atomic E-state index is 0.306. The predicted molar refractivity (Wildman–Crippen MR) is 99.8 cm³/mol. The fraction of sp³-hybridized carbons (Fsp3) is 0.421. The fourth-order valence-corrected chi connectivity index (χ4v) is 3.76. The van der Waals surface area contributed by atoms with Gasteiger partial charge in [-0.1, -0.05) is 0 Å². The average Bonchev–Trinajstić information content (AvgIpc) is 3.27. The Morgan fingerprint density at radius 1 is 1.23 bits per heavy atom. The summed E-state index contributed by atoms with van der Waals surface area (Å²) in [5.74, 6) is 0.658. The second-order valence-corrected chi connectivity index (χ2v) is 7.26. The highest BCUT2D eigenvalue weighted by Crippen LogP contribution is 2.33. The Kier molecular flexibility index (Phi) is 3.48. The first-order chi connectivity index (χ1) is 12.7. The van der Waals surface area contributed by atoms with E-state index in [1.54, 1.807) is 4.68 Å². The number of fused-ring (bicyclic) bond motifs is 1. The molecular weight excluding hydrogens is 328 g/mol. The molecule has 1 saturated heterocycles. The minimum Gasteiger partial charge on any atom is -0.367 e. The molecule has 0 aromatic carbocycles. The topological polar surface area (TPSA) is 70.1 Å². The van der Waals surface area contributed by atoms with Crippen LogP contribution >= 0.6 is 0 Å². The van der Waals surface area contributed by atoms with Gasteiger partial charge in [0.1, 0.15) is 5.65 Å². The van der Waals surface area contributed by atoms with E-state index >= 15 is 0 Å². The van der Waals surface area contributed by atoms with Crippen LogP contribution in [0.15, 0.2) is 30.7 Å². The molecule has 7 nitrogen and oxygen atoms in total. The summed E-state index contributed by atoms with van der Waals surface area (Å²) < 4.78 is 1.80. The van der Waals surface area contributed by atoms with Crippen LogP contribution in [-0.4, -0.2) is 56.7 Å². The van der Waals surface area contributed by atoms with E-state index in [2.05, 4.69) is 32.1 Å². The Hall–Kier alpha value is -2.83. The van der Waals surface area contributed by atoms with Gasteiger partial charge in [0, 0.05) is 68.2 Å². The number of H-pyrrole nitrogens is 1. The number of pyridine rings is 1. The lowest BCUT2D eigenvalue weighted by molar-refractivity contribution is -0.132. The number of hydrogen-bond donors (Lipinski definition) is 1. The second-order valence-electron chi connectivity index (χ2n) is 7.26. The molecule has 5 rings (SSSR count). The van der Waals surface area contributed by atoms with E-state index in [-0.39, 0.29) is 0 Å². The van der Waals surface area contributed by atoms with Crippen molar-refractivity contribution in [1.29, 1.82) is 0 Å². The Labute approximate surface area is 151 Å². The Morgan fingerprint density at radius 3 is 2.73 bits per heavy atom. The van der Waals surface area contributed by atoms with E-state index in [0.717, 1.165) is 61.3 Å². The van der Waals surface area contributed by atoms with Crippen molar-refractivity contribution in [3.8, 4) is 11.3 Å². The van der Waals surface area contributed by atoms with Gasteiger partial charge in [-0.05, 0) is 25.0 Å². The number of anilines is 1. The van der Waals surface area contributed by atoms with Gasteiger partial charge < -0.3 is 14.8 Å². The summed E-state index contributed by atoms with van der Waals surface area (Å²) in [4.78, 5) is 24.5. The van der Waals surface area contributed by atoms with Crippen molar-refractivity contribution in [2.45, 2.75) is 12.8 Å². The first kappa shape index (κ1) is 15.4. The number of rotatable bonds is 3. The van der Waals surface area contributed by atoms with Crippen LogP contribution in [0.1, 0.15) is 12.8 Å². The summed E-state index contributed by atoms with van der Waals surface area (Å²) >= 11 is 0. The van der Waals surface area contributed by atoms with Gasteiger partial charge in [-0.25, -0.2) is 4.98 Å². The van der Waals surface area contributed by atoms with Crippen LogP contribution in [0.2, 0.25) is 0 Å². The average molecular weight is 350 g/mol. The summed E-state index contributed by atoms with van der Waals surface area (Å²) in [6.45, 7) is 3.34. The molecule has 0 radical (unpaired) electrons. The lowest BCUT2D eigenvalue weighted by Gasteiger charge is -2.36. The molecule has 1 aliphatic heterocycles. The molecule has 3 aromatic heterocycles. The normalized spacial score (nSPS) is 17.9. The lowest BCUT2D eigenvalue weighted by atomic mass is 10.2. The number of piperazine rings is 1. The second kappa shape index (κ2) is 5.86. The van der Waals surface area contributed by atoms with Gasteiger partial charge in [-0.15, -0.1) is 0 Å². The maximum Gasteiger partial charge on any atom is 0.225 e. The van der Waals surface area contributed by atoms with Gasteiger partial charge in [-0.2, -0.15) is 5.10 Å². The predicted octanol–water partition coefficient (Wildman–Crippen LogP) is 2.02. The van der Waals surface area contributed by atoms with Gasteiger partial charge in [0.2, 0.25) is 5.91 Å². The van der Waals surface area contributed by atoms with Crippen LogP contribution in [0.25, 0.3) is 22.3 Å². The standard InChI is InChI=1S/C19H22N6O/c1-23-12-14(11-21-23)16-10-15-17(4-5-20-18(15)22-16)24-6-8-25(9-7-24)19(26)13-2-3-13/h4-5,10-13H,2-3,6-9H2,1H3,(H,20,22). The number of nitrogens with one attached hydrogen (secondary N) is 1. The van der Waals surface area contributed by atoms with Crippen molar-refractivity contribution >= 4 is 22.6 Å². The number of carbonyl (C=O) groups is 1. The zero-order valence-electron chi connectivity index (χ0n) is 14.9. The molecule has 0 atom stereocenters. The molecular formula is C19H22N6O. The maximum atomic E-state index is 12.3. The fourth-order valence-electron chi connectivity index (χ4n) is 3.76. The van der Waals surface area contributed by atoms with E-state index in [9.17, 15) is 4.79 Å². The smallest absolute Gasteiger partial charge is 0.225 e. The number of aromatic nitrogens is 4. The molecule has 3 aromatic rings. The van der Waals surface area contributed by atoms with Crippen molar-refractivity contribution in [1.82, 2.24) is 24.6 Å². The molecule has 0 spiro atoms. The Balaban J connectivity index is 1.40. The molecule has 0 unspecified atom stereocenters. The maximum absolute atomic E-state index is 12.3. The molecule has 26 heavy (non-hydrogen) atoms. The summed E-state index contributed by atoms with van der Waals surface area (Å²) in [5.41, 5.74) is 4.14. The van der Waals surface area contributed by atoms with Crippen molar-refractivity contribution in [2.24, 2.45) is 13.0 Å². The van der Waals surface area contributed by atoms with Crippen molar-refractivity contribution in [3.63, 3.8) is 0 Å². The van der Waals surface area contributed by atoms with Crippen LogP contribution in [0.5, 0.6) is 0 Å². The van der Waals surface area contributed by atoms with E-state index in [4.69, 9.17) is 0 Å². The summed E-state index contributed by atoms with van der Waals surface area (Å²) in [5, 5.41) is 5.37. The van der Waals surface area contributed by atoms with Crippen molar-refractivity contribution < 1.29 is 4.79 Å². The van der Waals surface area contributed by atoms with Crippen LogP contribution < -0.4 is 4.90 Å². The third-order valence-electron chi connectivity index (χ3n) is 5.38. The number of nitrogens with zero attached hydrogens (tertiary/aromatic N) is 5. The largest absolute Gasteiger partial charge is 0.367 e. The zero-order chi connectivity index (χ0) is 17.7. The summed E-state index contributed by atoms with van der Waals surface area (Å²) in [6.07, 6.45) is 7.84. The number of aromatic amines is 1. The van der Waals surface area contributed by atoms with Crippen molar-refractivity contribution in [3.05, 3.63) is 30.7 Å². The number of amides is 1. The quantitative estimate of drug-likeness (QED) is 0.785. The SMILES string of the molecule is Cn1cc(-c2cc3c(N4CCN(C(=O)C5CC5)CC4)ccnc3[nH]2)cn1. The van der Waals surface area contributed by atoms with E-state index in [0.29, 0.717) is 11.8 Å². The summed E-state index contributed by atoms with van der Waals surface area (Å²) in [7, 11) is 1.91. The van der Waals surface area contributed by atoms with Crippen LogP contribution in [0, 0.1) is 5.92 Å². The van der Waals surface area contributed by atoms with E-state index in [1.165, 1.54) is 5.69 Å². The van der Waals surface area contributed by atoms with Gasteiger partial charge >= 0.3 is 0 Å². The molecule has 1 amide bonds. The van der Waals surface area contributed by atoms with Gasteiger partial charge in [-0.3, -0.25) is 9.48 Å². The molecule has 0 bridgehead atoms. The number of carbonyl (C=O) groups excluding carboxylic acids is 1. The number of hydrogen-bond acceptors (Lipinski definition) is 4. The molecule has 1 saturated carbocycles. The molecule has 1 N–H and O–H groups in total. The number of aryl methyl sites for hydroxylation is 1. The van der Waals surface area contributed by atoms with E-state index in [1.807, 2.05) is 30.5 Å². The monoisotopic (exact) mass is 350 g/mol. The molecule has 4 heterocycles. The first-order valence-electron chi connectivity index (χ1n) is 9.19. The highest BCUT2D eigenvalue weighted by molar-refractivity contribution is 5.94. The van der Waals surface area contributed by atoms with Gasteiger partial charge in [0.05, 0.1) is 11.9 Å². The Bertz CT molecular complexity index is 961. The van der Waals surface area contributed by atoms with Gasteiger partial charge in [0.15, 0.2) is 0 Å². The molecule has 134 valence electrons. The molecule has 7 heteroatoms. The third kappa shape index (κ3) is 2.64. The van der Waals surface area contributed by atoms with Crippen LogP contribution in [0.4, 0.5) is 5.69 Å². The molecule has 2 fully saturated rings. The van der Waals surface area contributed by atoms with Crippen LogP contribution in [0.3, 0.4) is 0 Å². The molecule has 2 aliphatic rings. The molecule has 1 aliphatic carbocycles. The lowest BCUT2D eigenvalue weighted by Crippen LogP contribution is -2.49.